The number of hydrogen-bond acceptors (Lipinski definition) is 5. The molecule has 0 aliphatic heterocycles. The topological polar surface area (TPSA) is 98.0 Å². The van der Waals surface area contributed by atoms with Gasteiger partial charge in [-0.2, -0.15) is 13.2 Å². The van der Waals surface area contributed by atoms with E-state index in [1.54, 1.807) is 13.0 Å². The summed E-state index contributed by atoms with van der Waals surface area (Å²) in [5.41, 5.74) is 0. The van der Waals surface area contributed by atoms with Crippen molar-refractivity contribution >= 4 is 17.3 Å². The number of aryl methyl sites for hydroxylation is 1. The van der Waals surface area contributed by atoms with Gasteiger partial charge in [-0.15, -0.1) is 11.3 Å². The fourth-order valence-corrected chi connectivity index (χ4v) is 5.19. The Kier molecular flexibility index (Phi) is 9.54. The van der Waals surface area contributed by atoms with Gasteiger partial charge in [-0.25, -0.2) is 4.79 Å². The first kappa shape index (κ1) is 25.8. The first-order valence-corrected chi connectivity index (χ1v) is 11.4. The molecular formula is C22H31F3O5S. The molecule has 0 amide bonds. The first-order chi connectivity index (χ1) is 14.5. The highest BCUT2D eigenvalue weighted by Gasteiger charge is 2.53. The minimum atomic E-state index is -4.41. The van der Waals surface area contributed by atoms with Crippen molar-refractivity contribution in [1.82, 2.24) is 0 Å². The predicted octanol–water partition coefficient (Wildman–Crippen LogP) is 4.41. The van der Waals surface area contributed by atoms with Crippen molar-refractivity contribution in [2.75, 3.05) is 0 Å². The number of aliphatic hydroxyl groups is 3. The van der Waals surface area contributed by atoms with Gasteiger partial charge in [0.1, 0.15) is 4.88 Å². The number of alkyl halides is 3. The Labute approximate surface area is 184 Å². The van der Waals surface area contributed by atoms with E-state index in [0.717, 1.165) is 16.2 Å². The minimum Gasteiger partial charge on any atom is -0.477 e. The van der Waals surface area contributed by atoms with Crippen molar-refractivity contribution < 1.29 is 38.4 Å². The first-order valence-electron chi connectivity index (χ1n) is 10.6. The maximum Gasteiger partial charge on any atom is 0.392 e. The molecule has 0 saturated heterocycles. The second-order valence-corrected chi connectivity index (χ2v) is 9.56. The van der Waals surface area contributed by atoms with E-state index in [-0.39, 0.29) is 17.7 Å². The summed E-state index contributed by atoms with van der Waals surface area (Å²) >= 11 is 1.12. The van der Waals surface area contributed by atoms with Crippen molar-refractivity contribution in [2.45, 2.75) is 76.4 Å². The molecule has 6 atom stereocenters. The molecule has 1 aromatic rings. The number of carboxylic acid groups (broad SMARTS) is 1. The van der Waals surface area contributed by atoms with Crippen LogP contribution in [0.3, 0.4) is 0 Å². The van der Waals surface area contributed by atoms with Gasteiger partial charge in [0.25, 0.3) is 0 Å². The van der Waals surface area contributed by atoms with E-state index >= 15 is 0 Å². The van der Waals surface area contributed by atoms with Crippen molar-refractivity contribution in [3.05, 3.63) is 34.0 Å². The monoisotopic (exact) mass is 464 g/mol. The Morgan fingerprint density at radius 3 is 2.55 bits per heavy atom. The molecule has 0 radical (unpaired) electrons. The second-order valence-electron chi connectivity index (χ2n) is 8.39. The molecule has 1 aliphatic carbocycles. The third-order valence-corrected chi connectivity index (χ3v) is 7.01. The molecule has 1 fully saturated rings. The van der Waals surface area contributed by atoms with Gasteiger partial charge in [0.2, 0.25) is 0 Å². The lowest BCUT2D eigenvalue weighted by atomic mass is 9.83. The molecule has 31 heavy (non-hydrogen) atoms. The molecule has 0 aromatic carbocycles. The number of halogens is 3. The van der Waals surface area contributed by atoms with E-state index in [4.69, 9.17) is 5.11 Å². The quantitative estimate of drug-likeness (QED) is 0.364. The predicted molar refractivity (Wildman–Crippen MR) is 112 cm³/mol. The number of thiophene rings is 1. The number of aromatic carboxylic acids is 1. The molecular weight excluding hydrogens is 433 g/mol. The van der Waals surface area contributed by atoms with Crippen LogP contribution < -0.4 is 0 Å². The van der Waals surface area contributed by atoms with Crippen LogP contribution in [0.2, 0.25) is 0 Å². The van der Waals surface area contributed by atoms with Gasteiger partial charge in [-0.05, 0) is 69.9 Å². The highest BCUT2D eigenvalue weighted by Crippen LogP contribution is 2.49. The SMILES string of the molecule is C[C@@H](O)CCC[C@H](O)C=C[C@@H]1[C@@H](CCCc2ccc(C(=O)O)s2)[C@H](C(F)(F)F)C[C@H]1O. The summed E-state index contributed by atoms with van der Waals surface area (Å²) in [6.45, 7) is 1.65. The van der Waals surface area contributed by atoms with Crippen molar-refractivity contribution in [2.24, 2.45) is 17.8 Å². The molecule has 9 heteroatoms. The van der Waals surface area contributed by atoms with E-state index in [0.29, 0.717) is 32.1 Å². The Hall–Kier alpha value is -1.42. The van der Waals surface area contributed by atoms with Crippen LogP contribution in [0.1, 0.15) is 60.0 Å². The maximum absolute atomic E-state index is 13.6. The van der Waals surface area contributed by atoms with Gasteiger partial charge in [0.15, 0.2) is 0 Å². The maximum atomic E-state index is 13.6. The third kappa shape index (κ3) is 7.89. The van der Waals surface area contributed by atoms with Gasteiger partial charge in [-0.3, -0.25) is 0 Å². The summed E-state index contributed by atoms with van der Waals surface area (Å²) < 4.78 is 40.7. The number of rotatable bonds is 11. The van der Waals surface area contributed by atoms with Crippen molar-refractivity contribution in [3.63, 3.8) is 0 Å². The molecule has 5 nitrogen and oxygen atoms in total. The van der Waals surface area contributed by atoms with Crippen LogP contribution in [-0.2, 0) is 6.42 Å². The summed E-state index contributed by atoms with van der Waals surface area (Å²) in [6.07, 6.45) is -1.55. The summed E-state index contributed by atoms with van der Waals surface area (Å²) in [7, 11) is 0. The third-order valence-electron chi connectivity index (χ3n) is 5.88. The zero-order valence-electron chi connectivity index (χ0n) is 17.5. The Morgan fingerprint density at radius 2 is 1.97 bits per heavy atom. The largest absolute Gasteiger partial charge is 0.477 e. The number of carboxylic acids is 1. The average molecular weight is 465 g/mol. The van der Waals surface area contributed by atoms with Crippen LogP contribution in [0.25, 0.3) is 0 Å². The summed E-state index contributed by atoms with van der Waals surface area (Å²) in [4.78, 5) is 12.0. The highest BCUT2D eigenvalue weighted by atomic mass is 32.1. The zero-order valence-corrected chi connectivity index (χ0v) is 18.3. The van der Waals surface area contributed by atoms with Gasteiger partial charge >= 0.3 is 12.1 Å². The zero-order chi connectivity index (χ0) is 23.2. The van der Waals surface area contributed by atoms with Crippen LogP contribution in [0, 0.1) is 17.8 Å². The lowest BCUT2D eigenvalue weighted by Gasteiger charge is -2.25. The fourth-order valence-electron chi connectivity index (χ4n) is 4.30. The molecule has 1 aromatic heterocycles. The van der Waals surface area contributed by atoms with Gasteiger partial charge in [0, 0.05) is 10.8 Å². The molecule has 4 N–H and O–H groups in total. The molecule has 176 valence electrons. The fraction of sp³-hybridized carbons (Fsp3) is 0.682. The number of hydrogen-bond donors (Lipinski definition) is 4. The molecule has 1 saturated carbocycles. The van der Waals surface area contributed by atoms with Crippen molar-refractivity contribution in [3.8, 4) is 0 Å². The van der Waals surface area contributed by atoms with E-state index < -0.39 is 48.2 Å². The van der Waals surface area contributed by atoms with Gasteiger partial charge < -0.3 is 20.4 Å². The van der Waals surface area contributed by atoms with Crippen LogP contribution in [-0.4, -0.2) is 50.9 Å². The minimum absolute atomic E-state index is 0.199. The van der Waals surface area contributed by atoms with E-state index in [2.05, 4.69) is 0 Å². The summed E-state index contributed by atoms with van der Waals surface area (Å²) in [5.74, 6) is -4.13. The Balaban J connectivity index is 2.00. The Morgan fingerprint density at radius 1 is 1.26 bits per heavy atom. The molecule has 2 rings (SSSR count). The smallest absolute Gasteiger partial charge is 0.392 e. The van der Waals surface area contributed by atoms with Crippen LogP contribution in [0.15, 0.2) is 24.3 Å². The van der Waals surface area contributed by atoms with Crippen molar-refractivity contribution in [1.29, 1.82) is 0 Å². The van der Waals surface area contributed by atoms with Crippen LogP contribution >= 0.6 is 11.3 Å². The summed E-state index contributed by atoms with van der Waals surface area (Å²) in [5, 5.41) is 38.6. The molecule has 0 bridgehead atoms. The van der Waals surface area contributed by atoms with Gasteiger partial charge in [-0.1, -0.05) is 12.2 Å². The van der Waals surface area contributed by atoms with Crippen LogP contribution in [0.4, 0.5) is 13.2 Å². The molecule has 1 aliphatic rings. The van der Waals surface area contributed by atoms with Crippen LogP contribution in [0.5, 0.6) is 0 Å². The molecule has 0 spiro atoms. The molecule has 1 heterocycles. The average Bonchev–Trinajstić information content (AvgIpc) is 3.25. The second kappa shape index (κ2) is 11.4. The lowest BCUT2D eigenvalue weighted by molar-refractivity contribution is -0.186. The van der Waals surface area contributed by atoms with E-state index in [9.17, 15) is 33.3 Å². The number of carbonyl (C=O) groups is 1. The summed E-state index contributed by atoms with van der Waals surface area (Å²) in [6, 6.07) is 3.17. The normalized spacial score (nSPS) is 26.4. The number of aliphatic hydroxyl groups excluding tert-OH is 3. The Bertz CT molecular complexity index is 731. The standard InChI is InChI=1S/C22H31F3O5S/c1-13(26)4-2-5-14(27)8-10-17-16(18(12-19(17)28)22(23,24)25)7-3-6-15-9-11-20(31-15)21(29)30/h8-11,13-14,16-19,26-28H,2-7,12H2,1H3,(H,29,30)/t13-,14+,16-,17-,18-,19-/m1/s1. The van der Waals surface area contributed by atoms with E-state index in [1.165, 1.54) is 18.2 Å². The molecule has 0 unspecified atom stereocenters. The van der Waals surface area contributed by atoms with Gasteiger partial charge in [0.05, 0.1) is 24.2 Å². The lowest BCUT2D eigenvalue weighted by Crippen LogP contribution is -2.28. The van der Waals surface area contributed by atoms with E-state index in [1.807, 2.05) is 0 Å². The highest BCUT2D eigenvalue weighted by molar-refractivity contribution is 7.13.